The van der Waals surface area contributed by atoms with Crippen molar-refractivity contribution < 1.29 is 14.3 Å². The SMILES string of the molecule is COc1c(Br)cnc(-c2ccccn2)c1OC(=O)N(C(C)C)C(C)C. The van der Waals surface area contributed by atoms with E-state index in [-0.39, 0.29) is 17.8 Å². The minimum atomic E-state index is -0.458. The Kier molecular flexibility index (Phi) is 6.36. The third-order valence-corrected chi connectivity index (χ3v) is 4.13. The summed E-state index contributed by atoms with van der Waals surface area (Å²) in [6.45, 7) is 7.77. The number of ether oxygens (including phenoxy) is 2. The molecule has 0 atom stereocenters. The van der Waals surface area contributed by atoms with Gasteiger partial charge in [0.25, 0.3) is 0 Å². The van der Waals surface area contributed by atoms with Crippen LogP contribution >= 0.6 is 15.9 Å². The Morgan fingerprint density at radius 3 is 2.32 bits per heavy atom. The van der Waals surface area contributed by atoms with Gasteiger partial charge in [0.1, 0.15) is 5.69 Å². The van der Waals surface area contributed by atoms with Crippen LogP contribution in [0.15, 0.2) is 35.1 Å². The van der Waals surface area contributed by atoms with Crippen LogP contribution in [-0.4, -0.2) is 40.2 Å². The summed E-state index contributed by atoms with van der Waals surface area (Å²) in [5.74, 6) is 0.642. The Morgan fingerprint density at radius 2 is 1.80 bits per heavy atom. The molecule has 0 spiro atoms. The maximum Gasteiger partial charge on any atom is 0.415 e. The molecule has 0 saturated heterocycles. The molecule has 2 rings (SSSR count). The van der Waals surface area contributed by atoms with Crippen molar-refractivity contribution in [3.05, 3.63) is 35.1 Å². The van der Waals surface area contributed by atoms with E-state index < -0.39 is 6.09 Å². The number of aromatic nitrogens is 2. The zero-order chi connectivity index (χ0) is 18.6. The number of rotatable bonds is 5. The normalized spacial score (nSPS) is 10.9. The first-order valence-corrected chi connectivity index (χ1v) is 8.80. The quantitative estimate of drug-likeness (QED) is 0.727. The highest BCUT2D eigenvalue weighted by Gasteiger charge is 2.27. The molecule has 1 amide bonds. The number of nitrogens with zero attached hydrogens (tertiary/aromatic N) is 3. The van der Waals surface area contributed by atoms with E-state index in [4.69, 9.17) is 9.47 Å². The summed E-state index contributed by atoms with van der Waals surface area (Å²) in [5, 5.41) is 0. The van der Waals surface area contributed by atoms with Crippen LogP contribution in [0.25, 0.3) is 11.4 Å². The largest absolute Gasteiger partial charge is 0.492 e. The number of carbonyl (C=O) groups is 1. The standard InChI is InChI=1S/C18H22BrN3O3/c1-11(2)22(12(3)4)18(23)25-17-15(14-8-6-7-9-20-14)21-10-13(19)16(17)24-5/h6-12H,1-5H3. The van der Waals surface area contributed by atoms with E-state index in [1.165, 1.54) is 7.11 Å². The lowest BCUT2D eigenvalue weighted by molar-refractivity contribution is 0.121. The number of hydrogen-bond acceptors (Lipinski definition) is 5. The van der Waals surface area contributed by atoms with Crippen molar-refractivity contribution in [2.24, 2.45) is 0 Å². The molecule has 2 heterocycles. The van der Waals surface area contributed by atoms with Gasteiger partial charge in [-0.3, -0.25) is 4.98 Å². The lowest BCUT2D eigenvalue weighted by Gasteiger charge is -2.30. The van der Waals surface area contributed by atoms with E-state index in [1.807, 2.05) is 39.8 Å². The van der Waals surface area contributed by atoms with E-state index in [1.54, 1.807) is 23.4 Å². The molecule has 2 aromatic heterocycles. The summed E-state index contributed by atoms with van der Waals surface area (Å²) in [6.07, 6.45) is 2.80. The molecule has 0 aliphatic rings. The number of amides is 1. The topological polar surface area (TPSA) is 64.6 Å². The van der Waals surface area contributed by atoms with Gasteiger partial charge in [-0.15, -0.1) is 0 Å². The van der Waals surface area contributed by atoms with E-state index >= 15 is 0 Å². The molecular weight excluding hydrogens is 386 g/mol. The zero-order valence-electron chi connectivity index (χ0n) is 15.0. The molecule has 0 bridgehead atoms. The van der Waals surface area contributed by atoms with Crippen molar-refractivity contribution in [3.63, 3.8) is 0 Å². The summed E-state index contributed by atoms with van der Waals surface area (Å²) in [7, 11) is 1.52. The van der Waals surface area contributed by atoms with Gasteiger partial charge in [-0.05, 0) is 55.8 Å². The molecule has 0 radical (unpaired) electrons. The molecule has 0 fully saturated rings. The van der Waals surface area contributed by atoms with Crippen molar-refractivity contribution in [3.8, 4) is 22.9 Å². The first-order chi connectivity index (χ1) is 11.9. The van der Waals surface area contributed by atoms with Gasteiger partial charge in [-0.25, -0.2) is 9.78 Å². The van der Waals surface area contributed by atoms with Crippen LogP contribution in [0.3, 0.4) is 0 Å². The maximum absolute atomic E-state index is 12.7. The maximum atomic E-state index is 12.7. The van der Waals surface area contributed by atoms with Gasteiger partial charge < -0.3 is 14.4 Å². The smallest absolute Gasteiger partial charge is 0.415 e. The van der Waals surface area contributed by atoms with Crippen molar-refractivity contribution in [1.82, 2.24) is 14.9 Å². The molecule has 0 aliphatic heterocycles. The molecule has 0 aromatic carbocycles. The highest BCUT2D eigenvalue weighted by atomic mass is 79.9. The average molecular weight is 408 g/mol. The van der Waals surface area contributed by atoms with Gasteiger partial charge in [0, 0.05) is 24.5 Å². The van der Waals surface area contributed by atoms with Crippen LogP contribution in [0.1, 0.15) is 27.7 Å². The second-order valence-corrected chi connectivity index (χ2v) is 6.85. The highest BCUT2D eigenvalue weighted by Crippen LogP contribution is 2.41. The Morgan fingerprint density at radius 1 is 1.12 bits per heavy atom. The fourth-order valence-electron chi connectivity index (χ4n) is 2.58. The van der Waals surface area contributed by atoms with Gasteiger partial charge in [-0.1, -0.05) is 6.07 Å². The second kappa shape index (κ2) is 8.29. The molecule has 2 aromatic rings. The summed E-state index contributed by atoms with van der Waals surface area (Å²) < 4.78 is 11.7. The van der Waals surface area contributed by atoms with Crippen LogP contribution in [0.5, 0.6) is 11.5 Å². The number of carbonyl (C=O) groups excluding carboxylic acids is 1. The van der Waals surface area contributed by atoms with Gasteiger partial charge in [0.2, 0.25) is 5.75 Å². The second-order valence-electron chi connectivity index (χ2n) is 5.99. The highest BCUT2D eigenvalue weighted by molar-refractivity contribution is 9.10. The fraction of sp³-hybridized carbons (Fsp3) is 0.389. The number of hydrogen-bond donors (Lipinski definition) is 0. The van der Waals surface area contributed by atoms with Gasteiger partial charge in [-0.2, -0.15) is 0 Å². The van der Waals surface area contributed by atoms with Crippen LogP contribution in [0.4, 0.5) is 4.79 Å². The van der Waals surface area contributed by atoms with Crippen molar-refractivity contribution in [1.29, 1.82) is 0 Å². The predicted molar refractivity (Wildman–Crippen MR) is 99.9 cm³/mol. The van der Waals surface area contributed by atoms with Crippen molar-refractivity contribution >= 4 is 22.0 Å². The van der Waals surface area contributed by atoms with E-state index in [2.05, 4.69) is 25.9 Å². The van der Waals surface area contributed by atoms with Crippen molar-refractivity contribution in [2.45, 2.75) is 39.8 Å². The lowest BCUT2D eigenvalue weighted by Crippen LogP contribution is -2.43. The summed E-state index contributed by atoms with van der Waals surface area (Å²) in [6, 6.07) is 5.45. The minimum absolute atomic E-state index is 0.00286. The first kappa shape index (κ1) is 19.2. The lowest BCUT2D eigenvalue weighted by atomic mass is 10.2. The van der Waals surface area contributed by atoms with Crippen molar-refractivity contribution in [2.75, 3.05) is 7.11 Å². The third kappa shape index (κ3) is 4.28. The third-order valence-electron chi connectivity index (χ3n) is 3.57. The first-order valence-electron chi connectivity index (χ1n) is 8.00. The zero-order valence-corrected chi connectivity index (χ0v) is 16.6. The summed E-state index contributed by atoms with van der Waals surface area (Å²) in [4.78, 5) is 23.1. The van der Waals surface area contributed by atoms with Gasteiger partial charge in [0.05, 0.1) is 17.3 Å². The molecule has 25 heavy (non-hydrogen) atoms. The number of pyridine rings is 2. The molecule has 6 nitrogen and oxygen atoms in total. The molecular formula is C18H22BrN3O3. The molecule has 0 saturated carbocycles. The summed E-state index contributed by atoms with van der Waals surface area (Å²) in [5.41, 5.74) is 1.04. The Balaban J connectivity index is 2.51. The van der Waals surface area contributed by atoms with Gasteiger partial charge >= 0.3 is 6.09 Å². The molecule has 7 heteroatoms. The van der Waals surface area contributed by atoms with E-state index in [0.717, 1.165) is 0 Å². The number of methoxy groups -OCH3 is 1. The molecule has 0 aliphatic carbocycles. The van der Waals surface area contributed by atoms with Crippen LogP contribution in [-0.2, 0) is 0 Å². The average Bonchev–Trinajstić information content (AvgIpc) is 2.55. The Hall–Kier alpha value is -2.15. The fourth-order valence-corrected chi connectivity index (χ4v) is 3.03. The molecule has 134 valence electrons. The van der Waals surface area contributed by atoms with Gasteiger partial charge in [0.15, 0.2) is 5.75 Å². The van der Waals surface area contributed by atoms with E-state index in [9.17, 15) is 4.79 Å². The molecule has 0 N–H and O–H groups in total. The Labute approximate surface area is 156 Å². The van der Waals surface area contributed by atoms with E-state index in [0.29, 0.717) is 21.6 Å². The number of halogens is 1. The van der Waals surface area contributed by atoms with Crippen LogP contribution < -0.4 is 9.47 Å². The molecule has 0 unspecified atom stereocenters. The summed E-state index contributed by atoms with van der Waals surface area (Å²) >= 11 is 3.39. The predicted octanol–water partition coefficient (Wildman–Crippen LogP) is 4.53. The minimum Gasteiger partial charge on any atom is -0.492 e. The monoisotopic (exact) mass is 407 g/mol. The van der Waals surface area contributed by atoms with Crippen LogP contribution in [0, 0.1) is 0 Å². The van der Waals surface area contributed by atoms with Crippen LogP contribution in [0.2, 0.25) is 0 Å². The Bertz CT molecular complexity index is 728.